The molecule has 1 fully saturated rings. The number of amidine groups is 1. The Hall–Kier alpha value is -2.78. The first kappa shape index (κ1) is 24.9. The number of amides is 1. The van der Waals surface area contributed by atoms with Crippen molar-refractivity contribution in [3.05, 3.63) is 76.8 Å². The van der Waals surface area contributed by atoms with Gasteiger partial charge in [0.05, 0.1) is 16.1 Å². The van der Waals surface area contributed by atoms with Crippen LogP contribution in [-0.4, -0.2) is 34.2 Å². The van der Waals surface area contributed by atoms with Crippen LogP contribution in [0.2, 0.25) is 5.02 Å². The van der Waals surface area contributed by atoms with Gasteiger partial charge >= 0.3 is 6.18 Å². The van der Waals surface area contributed by atoms with Gasteiger partial charge in [-0.2, -0.15) is 13.2 Å². The first-order chi connectivity index (χ1) is 15.6. The zero-order valence-corrected chi connectivity index (χ0v) is 19.0. The van der Waals surface area contributed by atoms with Gasteiger partial charge in [0.25, 0.3) is 5.91 Å². The number of hydrogen-bond donors (Lipinski definition) is 2. The maximum atomic E-state index is 13.7. The van der Waals surface area contributed by atoms with Gasteiger partial charge in [-0.15, -0.1) is 0 Å². The van der Waals surface area contributed by atoms with E-state index in [1.54, 1.807) is 18.2 Å². The van der Waals surface area contributed by atoms with Crippen LogP contribution in [0.1, 0.15) is 34.3 Å². The Bertz CT molecular complexity index is 1090. The third-order valence-corrected chi connectivity index (χ3v) is 6.01. The van der Waals surface area contributed by atoms with E-state index in [2.05, 4.69) is 6.58 Å². The SMILES string of the molecule is C=CCOc1ccc(C(=N)SC(=N)N(CC2CC2)C(=O)c2ccccc2Cl)c(C(F)(F)F)c1. The molecule has 0 bridgehead atoms. The van der Waals surface area contributed by atoms with Crippen LogP contribution in [0.5, 0.6) is 5.75 Å². The van der Waals surface area contributed by atoms with Crippen molar-refractivity contribution >= 4 is 39.5 Å². The van der Waals surface area contributed by atoms with E-state index in [0.717, 1.165) is 25.0 Å². The quantitative estimate of drug-likeness (QED) is 0.262. The predicted molar refractivity (Wildman–Crippen MR) is 124 cm³/mol. The van der Waals surface area contributed by atoms with Crippen LogP contribution in [0.3, 0.4) is 0 Å². The van der Waals surface area contributed by atoms with E-state index in [1.807, 2.05) is 0 Å². The molecule has 0 aliphatic heterocycles. The summed E-state index contributed by atoms with van der Waals surface area (Å²) >= 11 is 6.62. The van der Waals surface area contributed by atoms with Gasteiger partial charge < -0.3 is 4.74 Å². The number of ether oxygens (including phenoxy) is 1. The molecular weight excluding hydrogens is 475 g/mol. The zero-order chi connectivity index (χ0) is 24.2. The van der Waals surface area contributed by atoms with Gasteiger partial charge in [-0.05, 0) is 60.9 Å². The first-order valence-electron chi connectivity index (χ1n) is 9.98. The van der Waals surface area contributed by atoms with Crippen molar-refractivity contribution in [1.29, 1.82) is 10.8 Å². The Balaban J connectivity index is 1.85. The van der Waals surface area contributed by atoms with Crippen molar-refractivity contribution in [1.82, 2.24) is 4.90 Å². The van der Waals surface area contributed by atoms with Crippen LogP contribution in [0.4, 0.5) is 13.2 Å². The Kier molecular flexibility index (Phi) is 7.86. The second-order valence-electron chi connectivity index (χ2n) is 7.38. The summed E-state index contributed by atoms with van der Waals surface area (Å²) in [6.07, 6.45) is -1.54. The van der Waals surface area contributed by atoms with Gasteiger partial charge in [0.15, 0.2) is 5.17 Å². The maximum absolute atomic E-state index is 13.7. The summed E-state index contributed by atoms with van der Waals surface area (Å²) in [7, 11) is 0. The van der Waals surface area contributed by atoms with E-state index < -0.39 is 28.3 Å². The lowest BCUT2D eigenvalue weighted by molar-refractivity contribution is -0.137. The summed E-state index contributed by atoms with van der Waals surface area (Å²) < 4.78 is 46.2. The molecule has 0 saturated heterocycles. The summed E-state index contributed by atoms with van der Waals surface area (Å²) in [6.45, 7) is 3.73. The molecule has 3 rings (SSSR count). The molecule has 1 saturated carbocycles. The minimum absolute atomic E-state index is 0.0110. The molecule has 1 aliphatic rings. The number of carbonyl (C=O) groups is 1. The molecule has 2 aromatic rings. The standard InChI is InChI=1S/C23H21ClF3N3O2S/c1-2-11-32-15-9-10-16(18(12-15)23(25,26)27)20(28)33-22(29)30(13-14-7-8-14)21(31)17-5-3-4-6-19(17)24/h2-6,9-10,12,14,28-29H,1,7-8,11,13H2. The van der Waals surface area contributed by atoms with Crippen LogP contribution in [0, 0.1) is 16.7 Å². The van der Waals surface area contributed by atoms with Crippen LogP contribution in [-0.2, 0) is 6.18 Å². The van der Waals surface area contributed by atoms with E-state index in [-0.39, 0.29) is 40.6 Å². The number of hydrogen-bond acceptors (Lipinski definition) is 5. The lowest BCUT2D eigenvalue weighted by atomic mass is 10.1. The molecule has 2 N–H and O–H groups in total. The van der Waals surface area contributed by atoms with Gasteiger partial charge in [-0.1, -0.05) is 36.4 Å². The van der Waals surface area contributed by atoms with Gasteiger partial charge in [-0.3, -0.25) is 20.5 Å². The maximum Gasteiger partial charge on any atom is 0.417 e. The summed E-state index contributed by atoms with van der Waals surface area (Å²) in [5.74, 6) is -0.330. The Morgan fingerprint density at radius 3 is 2.52 bits per heavy atom. The van der Waals surface area contributed by atoms with Crippen molar-refractivity contribution in [2.24, 2.45) is 5.92 Å². The second-order valence-corrected chi connectivity index (χ2v) is 8.79. The number of nitrogens with zero attached hydrogens (tertiary/aromatic N) is 1. The molecule has 33 heavy (non-hydrogen) atoms. The summed E-state index contributed by atoms with van der Waals surface area (Å²) in [5, 5.41) is 16.1. The summed E-state index contributed by atoms with van der Waals surface area (Å²) in [6, 6.07) is 9.65. The van der Waals surface area contributed by atoms with Crippen molar-refractivity contribution in [3.63, 3.8) is 0 Å². The smallest absolute Gasteiger partial charge is 0.417 e. The molecule has 0 radical (unpaired) electrons. The van der Waals surface area contributed by atoms with Gasteiger partial charge in [0, 0.05) is 12.1 Å². The molecule has 174 valence electrons. The van der Waals surface area contributed by atoms with Gasteiger partial charge in [-0.25, -0.2) is 0 Å². The molecule has 0 atom stereocenters. The molecule has 1 aliphatic carbocycles. The molecule has 10 heteroatoms. The van der Waals surface area contributed by atoms with Crippen molar-refractivity contribution < 1.29 is 22.7 Å². The van der Waals surface area contributed by atoms with Crippen LogP contribution < -0.4 is 4.74 Å². The van der Waals surface area contributed by atoms with E-state index in [0.29, 0.717) is 11.8 Å². The second kappa shape index (κ2) is 10.4. The number of nitrogens with one attached hydrogen (secondary N) is 2. The molecule has 1 amide bonds. The third kappa shape index (κ3) is 6.39. The highest BCUT2D eigenvalue weighted by molar-refractivity contribution is 8.26. The fourth-order valence-electron chi connectivity index (χ4n) is 3.00. The zero-order valence-electron chi connectivity index (χ0n) is 17.4. The highest BCUT2D eigenvalue weighted by atomic mass is 35.5. The molecule has 0 heterocycles. The predicted octanol–water partition coefficient (Wildman–Crippen LogP) is 6.47. The fraction of sp³-hybridized carbons (Fsp3) is 0.261. The number of halogens is 4. The molecule has 0 aromatic heterocycles. The lowest BCUT2D eigenvalue weighted by Gasteiger charge is -2.24. The van der Waals surface area contributed by atoms with Crippen molar-refractivity contribution in [2.75, 3.05) is 13.2 Å². The number of carbonyl (C=O) groups excluding carboxylic acids is 1. The normalized spacial score (nSPS) is 13.3. The third-order valence-electron chi connectivity index (χ3n) is 4.84. The Morgan fingerprint density at radius 2 is 1.91 bits per heavy atom. The van der Waals surface area contributed by atoms with E-state index in [4.69, 9.17) is 27.2 Å². The molecule has 2 aromatic carbocycles. The first-order valence-corrected chi connectivity index (χ1v) is 11.2. The topological polar surface area (TPSA) is 77.2 Å². The Labute approximate surface area is 198 Å². The fourth-order valence-corrected chi connectivity index (χ4v) is 3.97. The van der Waals surface area contributed by atoms with Crippen LogP contribution >= 0.6 is 23.4 Å². The average molecular weight is 496 g/mol. The number of rotatable bonds is 7. The molecular formula is C23H21ClF3N3O2S. The highest BCUT2D eigenvalue weighted by Crippen LogP contribution is 2.37. The molecule has 5 nitrogen and oxygen atoms in total. The highest BCUT2D eigenvalue weighted by Gasteiger charge is 2.36. The van der Waals surface area contributed by atoms with E-state index in [9.17, 15) is 18.0 Å². The van der Waals surface area contributed by atoms with E-state index in [1.165, 1.54) is 23.1 Å². The molecule has 0 spiro atoms. The average Bonchev–Trinajstić information content (AvgIpc) is 3.59. The van der Waals surface area contributed by atoms with Crippen LogP contribution in [0.15, 0.2) is 55.1 Å². The largest absolute Gasteiger partial charge is 0.490 e. The minimum Gasteiger partial charge on any atom is -0.490 e. The lowest BCUT2D eigenvalue weighted by Crippen LogP contribution is -2.37. The number of thioether (sulfide) groups is 1. The van der Waals surface area contributed by atoms with Crippen molar-refractivity contribution in [3.8, 4) is 5.75 Å². The number of alkyl halides is 3. The monoisotopic (exact) mass is 495 g/mol. The summed E-state index contributed by atoms with van der Waals surface area (Å²) in [5.41, 5.74) is -1.27. The minimum atomic E-state index is -4.74. The summed E-state index contributed by atoms with van der Waals surface area (Å²) in [4.78, 5) is 14.2. The van der Waals surface area contributed by atoms with Crippen LogP contribution in [0.25, 0.3) is 0 Å². The van der Waals surface area contributed by atoms with Gasteiger partial charge in [0.1, 0.15) is 17.4 Å². The van der Waals surface area contributed by atoms with Crippen molar-refractivity contribution in [2.45, 2.75) is 19.0 Å². The number of benzene rings is 2. The molecule has 0 unspecified atom stereocenters. The van der Waals surface area contributed by atoms with E-state index >= 15 is 0 Å². The Morgan fingerprint density at radius 1 is 1.21 bits per heavy atom. The van der Waals surface area contributed by atoms with Gasteiger partial charge in [0.2, 0.25) is 0 Å².